The van der Waals surface area contributed by atoms with Crippen LogP contribution in [0.15, 0.2) is 111 Å². The molecule has 20 heteroatoms. The van der Waals surface area contributed by atoms with Gasteiger partial charge >= 0.3 is 42.9 Å². The molecule has 3 amide bonds. The Hall–Kier alpha value is -6.85. The predicted octanol–water partition coefficient (Wildman–Crippen LogP) is 5.04. The monoisotopic (exact) mass is 813 g/mol. The van der Waals surface area contributed by atoms with Crippen molar-refractivity contribution in [2.24, 2.45) is 17.2 Å². The van der Waals surface area contributed by atoms with Gasteiger partial charge in [-0.1, -0.05) is 56.1 Å². The van der Waals surface area contributed by atoms with Crippen molar-refractivity contribution in [3.8, 4) is 17.2 Å². The van der Waals surface area contributed by atoms with E-state index in [0.717, 1.165) is 18.2 Å². The molecule has 0 saturated heterocycles. The Labute approximate surface area is 324 Å². The van der Waals surface area contributed by atoms with Gasteiger partial charge in [0.25, 0.3) is 0 Å². The molecular formula is C36H36N3O15PS. The molecule has 3 rings (SSSR count). The van der Waals surface area contributed by atoms with Gasteiger partial charge in [0.1, 0.15) is 37.1 Å². The van der Waals surface area contributed by atoms with Crippen molar-refractivity contribution in [3.05, 3.63) is 127 Å². The minimum absolute atomic E-state index is 0.129. The van der Waals surface area contributed by atoms with Crippen molar-refractivity contribution < 1.29 is 70.8 Å². The number of carbonyl (C=O) groups excluding carboxylic acids is 6. The molecule has 0 aliphatic carbocycles. The van der Waals surface area contributed by atoms with Gasteiger partial charge in [-0.2, -0.15) is 0 Å². The fourth-order valence-corrected chi connectivity index (χ4v) is 6.37. The molecular weight excluding hydrogens is 777 g/mol. The van der Waals surface area contributed by atoms with E-state index in [-0.39, 0.29) is 37.1 Å². The smallest absolute Gasteiger partial charge is 0.458 e. The summed E-state index contributed by atoms with van der Waals surface area (Å²) in [6.45, 7) is 4.97. The molecule has 0 aliphatic heterocycles. The van der Waals surface area contributed by atoms with Crippen LogP contribution in [0, 0.1) is 0 Å². The van der Waals surface area contributed by atoms with E-state index >= 15 is 0 Å². The lowest BCUT2D eigenvalue weighted by atomic mass is 10.1. The van der Waals surface area contributed by atoms with E-state index in [1.54, 1.807) is 0 Å². The van der Waals surface area contributed by atoms with Gasteiger partial charge in [-0.25, -0.2) is 28.8 Å². The first kappa shape index (κ1) is 43.6. The van der Waals surface area contributed by atoms with E-state index in [0.29, 0.717) is 16.7 Å². The maximum Gasteiger partial charge on any atom is 0.490 e. The standard InChI is InChI=1S/C36H36N3O15PS/c1-4-31(40)46-19-28(49-34(37)43)22-7-13-25(14-8-22)52-55(56,53-26-15-9-23(10-16-26)29(50-35(38)44)20-47-32(41)5-2)54-27-17-11-24(12-18-27)30(51-36(39)45)21-48-33(42)6-3/h4-18,28-30H,1-3,19-21H2,(H2,37,43)(H2,38,44)(H2,39,45). The lowest BCUT2D eigenvalue weighted by molar-refractivity contribution is -0.141. The number of benzene rings is 3. The minimum Gasteiger partial charge on any atom is -0.458 e. The molecule has 3 unspecified atom stereocenters. The van der Waals surface area contributed by atoms with Crippen LogP contribution in [0.3, 0.4) is 0 Å². The van der Waals surface area contributed by atoms with Crippen molar-refractivity contribution >= 4 is 54.7 Å². The van der Waals surface area contributed by atoms with Crippen LogP contribution in [0.4, 0.5) is 14.4 Å². The number of hydrogen-bond acceptors (Lipinski definition) is 16. The molecule has 0 bridgehead atoms. The highest BCUT2D eigenvalue weighted by Gasteiger charge is 2.29. The number of rotatable bonds is 21. The molecule has 0 aliphatic rings. The van der Waals surface area contributed by atoms with Crippen LogP contribution >= 0.6 is 6.72 Å². The van der Waals surface area contributed by atoms with Gasteiger partial charge in [-0.3, -0.25) is 0 Å². The topological polar surface area (TPSA) is 264 Å². The van der Waals surface area contributed by atoms with Gasteiger partial charge in [-0.15, -0.1) is 0 Å². The van der Waals surface area contributed by atoms with Gasteiger partial charge in [0.05, 0.1) is 0 Å². The minimum atomic E-state index is -3.88. The second kappa shape index (κ2) is 21.1. The molecule has 56 heavy (non-hydrogen) atoms. The Balaban J connectivity index is 1.94. The first-order chi connectivity index (χ1) is 26.6. The summed E-state index contributed by atoms with van der Waals surface area (Å²) in [7, 11) is 0. The lowest BCUT2D eigenvalue weighted by Crippen LogP contribution is -2.22. The van der Waals surface area contributed by atoms with Gasteiger partial charge in [0.2, 0.25) is 0 Å². The quantitative estimate of drug-likeness (QED) is 0.0550. The molecule has 0 heterocycles. The van der Waals surface area contributed by atoms with E-state index in [4.69, 9.17) is 71.0 Å². The molecule has 3 atom stereocenters. The summed E-state index contributed by atoms with van der Waals surface area (Å²) in [6.07, 6.45) is -3.77. The van der Waals surface area contributed by atoms with Gasteiger partial charge < -0.3 is 59.2 Å². The number of amides is 3. The van der Waals surface area contributed by atoms with E-state index in [1.807, 2.05) is 0 Å². The highest BCUT2D eigenvalue weighted by Crippen LogP contribution is 2.50. The normalized spacial score (nSPS) is 13.0. The van der Waals surface area contributed by atoms with E-state index in [2.05, 4.69) is 19.7 Å². The Morgan fingerprint density at radius 2 is 0.732 bits per heavy atom. The van der Waals surface area contributed by atoms with Gasteiger partial charge in [-0.05, 0) is 53.1 Å². The van der Waals surface area contributed by atoms with Crippen LogP contribution < -0.4 is 30.8 Å². The summed E-state index contributed by atoms with van der Waals surface area (Å²) >= 11 is 5.81. The summed E-state index contributed by atoms with van der Waals surface area (Å²) in [5, 5.41) is 0. The molecule has 3 aromatic carbocycles. The summed E-state index contributed by atoms with van der Waals surface area (Å²) in [6, 6.07) is 17.7. The second-order valence-corrected chi connectivity index (χ2v) is 13.5. The maximum absolute atomic E-state index is 11.6. The van der Waals surface area contributed by atoms with Crippen LogP contribution in [0.5, 0.6) is 17.2 Å². The molecule has 0 saturated carbocycles. The van der Waals surface area contributed by atoms with Crippen molar-refractivity contribution in [2.45, 2.75) is 18.3 Å². The Bertz CT molecular complexity index is 1730. The highest BCUT2D eigenvalue weighted by atomic mass is 32.5. The Morgan fingerprint density at radius 1 is 0.500 bits per heavy atom. The summed E-state index contributed by atoms with van der Waals surface area (Å²) in [4.78, 5) is 69.4. The van der Waals surface area contributed by atoms with Crippen LogP contribution in [-0.2, 0) is 54.6 Å². The molecule has 0 spiro atoms. The maximum atomic E-state index is 11.6. The average Bonchev–Trinajstić information content (AvgIpc) is 3.16. The number of ether oxygens (including phenoxy) is 6. The predicted molar refractivity (Wildman–Crippen MR) is 199 cm³/mol. The van der Waals surface area contributed by atoms with Gasteiger partial charge in [0.15, 0.2) is 18.3 Å². The first-order valence-electron chi connectivity index (χ1n) is 15.9. The Morgan fingerprint density at radius 3 is 0.929 bits per heavy atom. The molecule has 0 radical (unpaired) electrons. The van der Waals surface area contributed by atoms with Gasteiger partial charge in [0, 0.05) is 30.0 Å². The fourth-order valence-electron chi connectivity index (χ4n) is 4.34. The third-order valence-corrected chi connectivity index (χ3v) is 8.79. The number of hydrogen-bond donors (Lipinski definition) is 3. The Kier molecular flexibility index (Phi) is 16.4. The third-order valence-electron chi connectivity index (χ3n) is 6.81. The molecule has 6 N–H and O–H groups in total. The van der Waals surface area contributed by atoms with Crippen molar-refractivity contribution in [2.75, 3.05) is 19.8 Å². The number of nitrogens with two attached hydrogens (primary N) is 3. The number of esters is 3. The average molecular weight is 814 g/mol. The van der Waals surface area contributed by atoms with E-state index < -0.39 is 61.2 Å². The van der Waals surface area contributed by atoms with E-state index in [9.17, 15) is 28.8 Å². The lowest BCUT2D eigenvalue weighted by Gasteiger charge is -2.24. The third kappa shape index (κ3) is 14.5. The van der Waals surface area contributed by atoms with Crippen LogP contribution in [0.1, 0.15) is 35.0 Å². The van der Waals surface area contributed by atoms with Crippen molar-refractivity contribution in [1.29, 1.82) is 0 Å². The van der Waals surface area contributed by atoms with Crippen LogP contribution in [0.2, 0.25) is 0 Å². The fraction of sp³-hybridized carbons (Fsp3) is 0.167. The highest BCUT2D eigenvalue weighted by molar-refractivity contribution is 8.08. The van der Waals surface area contributed by atoms with Crippen molar-refractivity contribution in [3.63, 3.8) is 0 Å². The molecule has 296 valence electrons. The number of primary amides is 3. The first-order valence-corrected chi connectivity index (χ1v) is 18.4. The zero-order valence-corrected chi connectivity index (χ0v) is 31.1. The molecule has 0 aromatic heterocycles. The largest absolute Gasteiger partial charge is 0.490 e. The van der Waals surface area contributed by atoms with E-state index in [1.165, 1.54) is 72.8 Å². The summed E-state index contributed by atoms with van der Waals surface area (Å²) in [5.41, 5.74) is 16.7. The van der Waals surface area contributed by atoms with Crippen LogP contribution in [0.25, 0.3) is 0 Å². The molecule has 0 fully saturated rings. The zero-order chi connectivity index (χ0) is 41.3. The second-order valence-electron chi connectivity index (χ2n) is 10.7. The SMILES string of the molecule is C=CC(=O)OCC(OC(N)=O)c1ccc(OP(=S)(Oc2ccc(C(COC(=O)C=C)OC(N)=O)cc2)Oc2ccc(C(COC(=O)C=C)OC(N)=O)cc2)cc1. The molecule has 18 nitrogen and oxygen atoms in total. The number of carbonyl (C=O) groups is 6. The summed E-state index contributed by atoms with van der Waals surface area (Å²) < 4.78 is 48.6. The zero-order valence-electron chi connectivity index (χ0n) is 29.3. The summed E-state index contributed by atoms with van der Waals surface area (Å²) in [5.74, 6) is -1.87. The molecule has 3 aromatic rings. The van der Waals surface area contributed by atoms with Crippen LogP contribution in [-0.4, -0.2) is 56.0 Å². The van der Waals surface area contributed by atoms with Crippen molar-refractivity contribution in [1.82, 2.24) is 0 Å².